The lowest BCUT2D eigenvalue weighted by atomic mass is 9.86. The van der Waals surface area contributed by atoms with Gasteiger partial charge in [0.1, 0.15) is 0 Å². The van der Waals surface area contributed by atoms with E-state index in [9.17, 15) is 32.9 Å². The van der Waals surface area contributed by atoms with E-state index in [0.29, 0.717) is 0 Å². The number of nitro benzene ring substituents is 1. The number of hydrogen-bond donors (Lipinski definition) is 1. The predicted molar refractivity (Wildman–Crippen MR) is 69.7 cm³/mol. The molecule has 1 saturated heterocycles. The molecule has 0 spiro atoms. The van der Waals surface area contributed by atoms with Crippen LogP contribution in [0.2, 0.25) is 0 Å². The Morgan fingerprint density at radius 2 is 2.00 bits per heavy atom. The number of hydrogen-bond acceptors (Lipinski definition) is 4. The summed E-state index contributed by atoms with van der Waals surface area (Å²) in [5, 5.41) is 19.6. The first kappa shape index (κ1) is 16.7. The number of nitrogens with zero attached hydrogens (tertiary/aromatic N) is 2. The number of alkyl halides is 3. The Hall–Kier alpha value is -2.65. The first-order valence-corrected chi connectivity index (χ1v) is 6.42. The normalized spacial score (nSPS) is 21.3. The largest absolute Gasteiger partial charge is 0.481 e. The van der Waals surface area contributed by atoms with Gasteiger partial charge >= 0.3 is 12.1 Å². The fraction of sp³-hybridized carbons (Fsp3) is 0.385. The molecular weight excluding hydrogens is 321 g/mol. The molecule has 1 aromatic rings. The summed E-state index contributed by atoms with van der Waals surface area (Å²) >= 11 is 0. The molecule has 0 bridgehead atoms. The average molecular weight is 332 g/mol. The van der Waals surface area contributed by atoms with Crippen LogP contribution in [0.1, 0.15) is 16.8 Å². The molecular formula is C13H11F3N2O5. The third-order valence-corrected chi connectivity index (χ3v) is 3.81. The molecule has 0 saturated carbocycles. The van der Waals surface area contributed by atoms with Crippen molar-refractivity contribution in [2.75, 3.05) is 13.1 Å². The highest BCUT2D eigenvalue weighted by molar-refractivity contribution is 5.95. The molecule has 1 aromatic carbocycles. The number of carboxylic acids is 1. The summed E-state index contributed by atoms with van der Waals surface area (Å²) < 4.78 is 39.2. The van der Waals surface area contributed by atoms with Crippen LogP contribution in [-0.2, 0) is 4.79 Å². The minimum Gasteiger partial charge on any atom is -0.481 e. The maximum absolute atomic E-state index is 13.1. The zero-order chi connectivity index (χ0) is 17.4. The summed E-state index contributed by atoms with van der Waals surface area (Å²) in [6.07, 6.45) is -5.76. The Bertz CT molecular complexity index is 676. The van der Waals surface area contributed by atoms with Gasteiger partial charge in [-0.05, 0) is 12.5 Å². The van der Waals surface area contributed by atoms with Crippen LogP contribution < -0.4 is 0 Å². The number of nitro groups is 1. The average Bonchev–Trinajstić information content (AvgIpc) is 2.93. The van der Waals surface area contributed by atoms with Crippen molar-refractivity contribution in [2.45, 2.75) is 12.6 Å². The van der Waals surface area contributed by atoms with Gasteiger partial charge < -0.3 is 10.0 Å². The van der Waals surface area contributed by atoms with Gasteiger partial charge in [0.2, 0.25) is 0 Å². The highest BCUT2D eigenvalue weighted by Crippen LogP contribution is 2.46. The van der Waals surface area contributed by atoms with Crippen molar-refractivity contribution in [2.24, 2.45) is 5.41 Å². The van der Waals surface area contributed by atoms with E-state index in [-0.39, 0.29) is 11.3 Å². The minimum atomic E-state index is -5.00. The molecule has 0 aromatic heterocycles. The zero-order valence-electron chi connectivity index (χ0n) is 11.5. The number of halogens is 3. The van der Waals surface area contributed by atoms with Crippen LogP contribution in [0.3, 0.4) is 0 Å². The van der Waals surface area contributed by atoms with E-state index < -0.39 is 47.9 Å². The molecule has 1 amide bonds. The van der Waals surface area contributed by atoms with Gasteiger partial charge in [0.15, 0.2) is 5.41 Å². The van der Waals surface area contributed by atoms with Crippen molar-refractivity contribution in [1.82, 2.24) is 4.90 Å². The van der Waals surface area contributed by atoms with Crippen molar-refractivity contribution < 1.29 is 32.8 Å². The molecule has 0 aliphatic carbocycles. The summed E-state index contributed by atoms with van der Waals surface area (Å²) in [6, 6.07) is 4.54. The smallest absolute Gasteiger partial charge is 0.406 e. The second-order valence-electron chi connectivity index (χ2n) is 5.17. The molecule has 10 heteroatoms. The van der Waals surface area contributed by atoms with Crippen molar-refractivity contribution in [3.05, 3.63) is 39.9 Å². The number of carbonyl (C=O) groups is 2. The number of carbonyl (C=O) groups excluding carboxylic acids is 1. The Morgan fingerprint density at radius 1 is 1.35 bits per heavy atom. The molecule has 1 fully saturated rings. The van der Waals surface area contributed by atoms with Gasteiger partial charge in [0.05, 0.1) is 4.92 Å². The van der Waals surface area contributed by atoms with Crippen LogP contribution in [0.15, 0.2) is 24.3 Å². The topological polar surface area (TPSA) is 101 Å². The first-order valence-electron chi connectivity index (χ1n) is 6.42. The van der Waals surface area contributed by atoms with Crippen LogP contribution in [0.25, 0.3) is 0 Å². The highest BCUT2D eigenvalue weighted by atomic mass is 19.4. The lowest BCUT2D eigenvalue weighted by Gasteiger charge is -2.27. The van der Waals surface area contributed by atoms with Gasteiger partial charge in [0, 0.05) is 30.8 Å². The van der Waals surface area contributed by atoms with Gasteiger partial charge in [0.25, 0.3) is 11.6 Å². The number of amides is 1. The standard InChI is InChI=1S/C13H11F3N2O5/c14-13(15,16)12(11(20)21)4-5-17(7-12)10(19)8-2-1-3-9(6-8)18(22)23/h1-3,6H,4-5,7H2,(H,20,21). The van der Waals surface area contributed by atoms with Crippen LogP contribution in [0.4, 0.5) is 18.9 Å². The number of likely N-dealkylation sites (tertiary alicyclic amines) is 1. The molecule has 0 radical (unpaired) electrons. The fourth-order valence-electron chi connectivity index (χ4n) is 2.45. The second-order valence-corrected chi connectivity index (χ2v) is 5.17. The molecule has 2 rings (SSSR count). The molecule has 1 unspecified atom stereocenters. The van der Waals surface area contributed by atoms with Crippen LogP contribution in [0, 0.1) is 15.5 Å². The van der Waals surface area contributed by atoms with Gasteiger partial charge in [-0.3, -0.25) is 19.7 Å². The van der Waals surface area contributed by atoms with Crippen molar-refractivity contribution >= 4 is 17.6 Å². The van der Waals surface area contributed by atoms with E-state index in [4.69, 9.17) is 5.11 Å². The molecule has 1 N–H and O–H groups in total. The molecule has 1 heterocycles. The number of carboxylic acid groups (broad SMARTS) is 1. The molecule has 1 aliphatic heterocycles. The van der Waals surface area contributed by atoms with Crippen LogP contribution in [0.5, 0.6) is 0 Å². The molecule has 124 valence electrons. The van der Waals surface area contributed by atoms with Gasteiger partial charge in [-0.2, -0.15) is 13.2 Å². The third-order valence-electron chi connectivity index (χ3n) is 3.81. The molecule has 23 heavy (non-hydrogen) atoms. The maximum Gasteiger partial charge on any atom is 0.406 e. The summed E-state index contributed by atoms with van der Waals surface area (Å²) in [7, 11) is 0. The minimum absolute atomic E-state index is 0.164. The van der Waals surface area contributed by atoms with E-state index in [1.54, 1.807) is 0 Å². The Labute approximate surface area is 127 Å². The second kappa shape index (κ2) is 5.52. The van der Waals surface area contributed by atoms with E-state index in [0.717, 1.165) is 17.0 Å². The Morgan fingerprint density at radius 3 is 2.48 bits per heavy atom. The lowest BCUT2D eigenvalue weighted by molar-refractivity contribution is -0.384. The quantitative estimate of drug-likeness (QED) is 0.674. The van der Waals surface area contributed by atoms with E-state index in [1.165, 1.54) is 12.1 Å². The van der Waals surface area contributed by atoms with E-state index in [2.05, 4.69) is 0 Å². The summed E-state index contributed by atoms with van der Waals surface area (Å²) in [5.41, 5.74) is -3.55. The number of non-ortho nitro benzene ring substituents is 1. The Balaban J connectivity index is 2.28. The van der Waals surface area contributed by atoms with Crippen molar-refractivity contribution in [3.8, 4) is 0 Å². The summed E-state index contributed by atoms with van der Waals surface area (Å²) in [4.78, 5) is 34.0. The first-order chi connectivity index (χ1) is 10.6. The molecule has 1 atom stereocenters. The van der Waals surface area contributed by atoms with Crippen molar-refractivity contribution in [3.63, 3.8) is 0 Å². The summed E-state index contributed by atoms with van der Waals surface area (Å²) in [5.74, 6) is -2.92. The molecule has 7 nitrogen and oxygen atoms in total. The Kier molecular flexibility index (Phi) is 4.01. The third kappa shape index (κ3) is 2.83. The van der Waals surface area contributed by atoms with E-state index in [1.807, 2.05) is 0 Å². The SMILES string of the molecule is O=C(c1cccc([N+](=O)[O-])c1)N1CCC(C(=O)O)(C(F)(F)F)C1. The maximum atomic E-state index is 13.1. The lowest BCUT2D eigenvalue weighted by Crippen LogP contribution is -2.47. The number of aliphatic carboxylic acids is 1. The number of rotatable bonds is 3. The van der Waals surface area contributed by atoms with Crippen molar-refractivity contribution in [1.29, 1.82) is 0 Å². The van der Waals surface area contributed by atoms with E-state index >= 15 is 0 Å². The van der Waals surface area contributed by atoms with Crippen LogP contribution >= 0.6 is 0 Å². The van der Waals surface area contributed by atoms with Gasteiger partial charge in [-0.1, -0.05) is 6.07 Å². The predicted octanol–water partition coefficient (Wildman–Crippen LogP) is 2.07. The highest BCUT2D eigenvalue weighted by Gasteiger charge is 2.64. The molecule has 1 aliphatic rings. The van der Waals surface area contributed by atoms with Crippen LogP contribution in [-0.4, -0.2) is 46.1 Å². The zero-order valence-corrected chi connectivity index (χ0v) is 11.5. The fourth-order valence-corrected chi connectivity index (χ4v) is 2.45. The van der Waals surface area contributed by atoms with Gasteiger partial charge in [-0.15, -0.1) is 0 Å². The van der Waals surface area contributed by atoms with Gasteiger partial charge in [-0.25, -0.2) is 0 Å². The monoisotopic (exact) mass is 332 g/mol. The number of benzene rings is 1. The summed E-state index contributed by atoms with van der Waals surface area (Å²) in [6.45, 7) is -1.42.